The Labute approximate surface area is 76.1 Å². The summed E-state index contributed by atoms with van der Waals surface area (Å²) in [6.07, 6.45) is 5.23. The lowest BCUT2D eigenvalue weighted by atomic mass is 10.0. The summed E-state index contributed by atoms with van der Waals surface area (Å²) in [5.74, 6) is 2.46. The molecule has 1 radical (unpaired) electrons. The van der Waals surface area contributed by atoms with Gasteiger partial charge in [0.2, 0.25) is 0 Å². The molecular formula is C10H7N2O. The maximum atomic E-state index is 11.3. The van der Waals surface area contributed by atoms with Crippen LogP contribution in [0, 0.1) is 18.9 Å². The molecule has 0 fully saturated rings. The van der Waals surface area contributed by atoms with Gasteiger partial charge in [-0.15, -0.1) is 6.42 Å². The van der Waals surface area contributed by atoms with Gasteiger partial charge in [-0.2, -0.15) is 0 Å². The Hall–Kier alpha value is -1.79. The van der Waals surface area contributed by atoms with E-state index in [9.17, 15) is 4.79 Å². The van der Waals surface area contributed by atoms with Crippen LogP contribution in [0.2, 0.25) is 0 Å². The third-order valence-electron chi connectivity index (χ3n) is 1.86. The van der Waals surface area contributed by atoms with E-state index in [0.717, 1.165) is 11.3 Å². The molecule has 1 heterocycles. The van der Waals surface area contributed by atoms with Crippen LogP contribution in [-0.2, 0) is 0 Å². The molecule has 0 amide bonds. The number of Topliss-reactive ketones (excluding diaryl/α,β-unsaturated/α-hetero) is 1. The number of carbonyl (C=O) groups is 1. The maximum Gasteiger partial charge on any atom is 0.185 e. The fourth-order valence-corrected chi connectivity index (χ4v) is 1.21. The van der Waals surface area contributed by atoms with Crippen molar-refractivity contribution in [2.24, 2.45) is 0 Å². The number of fused-ring (bicyclic) bond motifs is 1. The van der Waals surface area contributed by atoms with Gasteiger partial charge in [0, 0.05) is 11.1 Å². The van der Waals surface area contributed by atoms with Gasteiger partial charge in [-0.05, 0) is 18.2 Å². The summed E-state index contributed by atoms with van der Waals surface area (Å²) in [6, 6.07) is 5.22. The standard InChI is InChI=1S/C10H7N2O/c1-2-7-3-4-8-9(5-7)12-11-6-10(8)13/h1,3-6,11-12H. The molecule has 0 aliphatic carbocycles. The minimum atomic E-state index is -0.0441. The zero-order chi connectivity index (χ0) is 9.26. The predicted octanol–water partition coefficient (Wildman–Crippen LogP) is 0.942. The highest BCUT2D eigenvalue weighted by atomic mass is 16.1. The number of hydrogen-bond donors (Lipinski definition) is 2. The van der Waals surface area contributed by atoms with Crippen molar-refractivity contribution in [1.29, 1.82) is 0 Å². The van der Waals surface area contributed by atoms with Crippen molar-refractivity contribution < 1.29 is 4.79 Å². The van der Waals surface area contributed by atoms with Gasteiger partial charge in [0.1, 0.15) is 6.54 Å². The molecule has 0 saturated carbocycles. The summed E-state index contributed by atoms with van der Waals surface area (Å²) in [5.41, 5.74) is 7.61. The second kappa shape index (κ2) is 2.92. The summed E-state index contributed by atoms with van der Waals surface area (Å²) >= 11 is 0. The van der Waals surface area contributed by atoms with Gasteiger partial charge in [-0.1, -0.05) is 5.92 Å². The van der Waals surface area contributed by atoms with Crippen molar-refractivity contribution in [1.82, 2.24) is 5.43 Å². The van der Waals surface area contributed by atoms with E-state index in [0.29, 0.717) is 5.56 Å². The monoisotopic (exact) mass is 171 g/mol. The molecule has 3 heteroatoms. The van der Waals surface area contributed by atoms with Crippen molar-refractivity contribution in [2.75, 3.05) is 5.43 Å². The zero-order valence-corrected chi connectivity index (χ0v) is 6.79. The van der Waals surface area contributed by atoms with Crippen LogP contribution in [0.4, 0.5) is 5.69 Å². The molecule has 63 valence electrons. The molecule has 3 nitrogen and oxygen atoms in total. The molecule has 1 aromatic carbocycles. The van der Waals surface area contributed by atoms with Crippen molar-refractivity contribution in [3.05, 3.63) is 35.9 Å². The van der Waals surface area contributed by atoms with Gasteiger partial charge >= 0.3 is 0 Å². The van der Waals surface area contributed by atoms with Crippen LogP contribution in [0.1, 0.15) is 15.9 Å². The van der Waals surface area contributed by atoms with Crippen LogP contribution in [0.25, 0.3) is 0 Å². The van der Waals surface area contributed by atoms with E-state index in [1.165, 1.54) is 6.54 Å². The molecule has 1 aliphatic heterocycles. The van der Waals surface area contributed by atoms with Crippen molar-refractivity contribution in [2.45, 2.75) is 0 Å². The SMILES string of the molecule is C#Cc1ccc2c(c1)NN[CH]C2=O. The first-order valence-corrected chi connectivity index (χ1v) is 3.81. The largest absolute Gasteiger partial charge is 0.320 e. The smallest absolute Gasteiger partial charge is 0.185 e. The number of anilines is 1. The van der Waals surface area contributed by atoms with Crippen molar-refractivity contribution in [3.8, 4) is 12.3 Å². The van der Waals surface area contributed by atoms with Crippen LogP contribution in [0.5, 0.6) is 0 Å². The molecule has 0 spiro atoms. The first-order valence-electron chi connectivity index (χ1n) is 3.81. The summed E-state index contributed by atoms with van der Waals surface area (Å²) in [7, 11) is 0. The minimum absolute atomic E-state index is 0.0441. The van der Waals surface area contributed by atoms with Crippen molar-refractivity contribution in [3.63, 3.8) is 0 Å². The van der Waals surface area contributed by atoms with E-state index in [1.807, 2.05) is 0 Å². The van der Waals surface area contributed by atoms with E-state index >= 15 is 0 Å². The van der Waals surface area contributed by atoms with Gasteiger partial charge in [0.25, 0.3) is 0 Å². The molecule has 1 aliphatic rings. The van der Waals surface area contributed by atoms with Gasteiger partial charge in [-0.25, -0.2) is 5.43 Å². The normalized spacial score (nSPS) is 14.2. The van der Waals surface area contributed by atoms with Gasteiger partial charge in [0.05, 0.1) is 5.69 Å². The number of hydrogen-bond acceptors (Lipinski definition) is 3. The number of rotatable bonds is 0. The number of benzene rings is 1. The molecule has 2 rings (SSSR count). The van der Waals surface area contributed by atoms with Crippen LogP contribution < -0.4 is 10.9 Å². The average molecular weight is 171 g/mol. The fourth-order valence-electron chi connectivity index (χ4n) is 1.21. The van der Waals surface area contributed by atoms with E-state index in [2.05, 4.69) is 16.8 Å². The van der Waals surface area contributed by atoms with E-state index in [1.54, 1.807) is 18.2 Å². The Kier molecular flexibility index (Phi) is 1.76. The second-order valence-electron chi connectivity index (χ2n) is 2.68. The highest BCUT2D eigenvalue weighted by Crippen LogP contribution is 2.20. The summed E-state index contributed by atoms with van der Waals surface area (Å²) < 4.78 is 0. The van der Waals surface area contributed by atoms with Gasteiger partial charge < -0.3 is 5.43 Å². The second-order valence-corrected chi connectivity index (χ2v) is 2.68. The Bertz CT molecular complexity index is 404. The molecule has 0 unspecified atom stereocenters. The Morgan fingerprint density at radius 1 is 1.38 bits per heavy atom. The van der Waals surface area contributed by atoms with Crippen LogP contribution in [-0.4, -0.2) is 5.78 Å². The molecule has 2 N–H and O–H groups in total. The van der Waals surface area contributed by atoms with Crippen molar-refractivity contribution >= 4 is 11.5 Å². The summed E-state index contributed by atoms with van der Waals surface area (Å²) in [6.45, 7) is 1.37. The van der Waals surface area contributed by atoms with Gasteiger partial charge in [-0.3, -0.25) is 4.79 Å². The molecule has 13 heavy (non-hydrogen) atoms. The summed E-state index contributed by atoms with van der Waals surface area (Å²) in [5, 5.41) is 0. The van der Waals surface area contributed by atoms with Gasteiger partial charge in [0.15, 0.2) is 5.78 Å². The lowest BCUT2D eigenvalue weighted by Crippen LogP contribution is -2.29. The van der Waals surface area contributed by atoms with E-state index in [4.69, 9.17) is 6.42 Å². The van der Waals surface area contributed by atoms with Crippen LogP contribution >= 0.6 is 0 Å². The lowest BCUT2D eigenvalue weighted by molar-refractivity contribution is 0.102. The minimum Gasteiger partial charge on any atom is -0.320 e. The number of carbonyl (C=O) groups excluding carboxylic acids is 1. The first kappa shape index (κ1) is 7.84. The predicted molar refractivity (Wildman–Crippen MR) is 49.8 cm³/mol. The topological polar surface area (TPSA) is 41.1 Å². The Morgan fingerprint density at radius 3 is 3.00 bits per heavy atom. The Balaban J connectivity index is 2.53. The number of nitrogens with one attached hydrogen (secondary N) is 2. The molecule has 0 saturated heterocycles. The lowest BCUT2D eigenvalue weighted by Gasteiger charge is -2.17. The highest BCUT2D eigenvalue weighted by Gasteiger charge is 2.16. The molecule has 0 aromatic heterocycles. The molecular weight excluding hydrogens is 164 g/mol. The zero-order valence-electron chi connectivity index (χ0n) is 6.79. The quantitative estimate of drug-likeness (QED) is 0.571. The van der Waals surface area contributed by atoms with E-state index in [-0.39, 0.29) is 5.78 Å². The number of hydrazine groups is 1. The highest BCUT2D eigenvalue weighted by molar-refractivity contribution is 6.07. The Morgan fingerprint density at radius 2 is 2.23 bits per heavy atom. The first-order chi connectivity index (χ1) is 6.31. The van der Waals surface area contributed by atoms with Crippen LogP contribution in [0.3, 0.4) is 0 Å². The third-order valence-corrected chi connectivity index (χ3v) is 1.86. The van der Waals surface area contributed by atoms with Crippen LogP contribution in [0.15, 0.2) is 18.2 Å². The summed E-state index contributed by atoms with van der Waals surface area (Å²) in [4.78, 5) is 11.3. The average Bonchev–Trinajstić information content (AvgIpc) is 2.18. The van der Waals surface area contributed by atoms with E-state index < -0.39 is 0 Å². The number of ketones is 1. The molecule has 0 bridgehead atoms. The fraction of sp³-hybridized carbons (Fsp3) is 0. The molecule has 0 atom stereocenters. The third kappa shape index (κ3) is 1.28. The molecule has 1 aromatic rings. The maximum absolute atomic E-state index is 11.3. The number of terminal acetylenes is 1.